The van der Waals surface area contributed by atoms with E-state index in [1.165, 1.54) is 14.0 Å². The molecule has 0 amide bonds. The number of nitrogens with zero attached hydrogens (tertiary/aromatic N) is 1. The average molecular weight is 207 g/mol. The lowest BCUT2D eigenvalue weighted by molar-refractivity contribution is 0.0933. The topological polar surface area (TPSA) is 61.4 Å². The molecule has 2 aromatic rings. The number of carbonyl (C=O) groups excluding carboxylic acids is 1. The molecule has 0 unspecified atom stereocenters. The second-order valence-electron chi connectivity index (χ2n) is 3.06. The van der Waals surface area contributed by atoms with Crippen LogP contribution in [0.25, 0.3) is 11.1 Å². The van der Waals surface area contributed by atoms with Crippen molar-refractivity contribution in [3.63, 3.8) is 0 Å². The standard InChI is InChI=1S/C10H9NO4/c1-6(12)11-8-4-3-7(14-2)5-9(8)15-10(11)13/h3-5H,1-2H3. The highest BCUT2D eigenvalue weighted by molar-refractivity contribution is 5.88. The van der Waals surface area contributed by atoms with Crippen molar-refractivity contribution in [2.45, 2.75) is 6.92 Å². The first-order valence-corrected chi connectivity index (χ1v) is 4.34. The number of ether oxygens (including phenoxy) is 1. The molecule has 1 aromatic carbocycles. The molecule has 0 spiro atoms. The molecule has 0 aliphatic heterocycles. The van der Waals surface area contributed by atoms with Crippen molar-refractivity contribution < 1.29 is 13.9 Å². The molecule has 0 saturated carbocycles. The first-order chi connectivity index (χ1) is 7.13. The maximum atomic E-state index is 11.3. The van der Waals surface area contributed by atoms with Gasteiger partial charge in [-0.15, -0.1) is 0 Å². The number of fused-ring (bicyclic) bond motifs is 1. The first-order valence-electron chi connectivity index (χ1n) is 4.34. The summed E-state index contributed by atoms with van der Waals surface area (Å²) in [7, 11) is 1.52. The lowest BCUT2D eigenvalue weighted by Gasteiger charge is -1.98. The Labute approximate surface area is 84.9 Å². The molecular weight excluding hydrogens is 198 g/mol. The van der Waals surface area contributed by atoms with Gasteiger partial charge in [0.25, 0.3) is 0 Å². The molecule has 15 heavy (non-hydrogen) atoms. The summed E-state index contributed by atoms with van der Waals surface area (Å²) >= 11 is 0. The second kappa shape index (κ2) is 3.27. The quantitative estimate of drug-likeness (QED) is 0.706. The van der Waals surface area contributed by atoms with Crippen LogP contribution in [0, 0.1) is 0 Å². The predicted molar refractivity (Wildman–Crippen MR) is 53.3 cm³/mol. The molecule has 0 N–H and O–H groups in total. The fourth-order valence-electron chi connectivity index (χ4n) is 1.42. The summed E-state index contributed by atoms with van der Waals surface area (Å²) in [5.74, 6) is -0.471. The Morgan fingerprint density at radius 1 is 1.47 bits per heavy atom. The van der Waals surface area contributed by atoms with E-state index in [0.717, 1.165) is 4.57 Å². The van der Waals surface area contributed by atoms with Crippen LogP contribution in [0.2, 0.25) is 0 Å². The fourth-order valence-corrected chi connectivity index (χ4v) is 1.42. The third-order valence-corrected chi connectivity index (χ3v) is 2.10. The molecule has 2 rings (SSSR count). The zero-order valence-corrected chi connectivity index (χ0v) is 8.31. The Morgan fingerprint density at radius 3 is 2.80 bits per heavy atom. The number of carbonyl (C=O) groups is 1. The van der Waals surface area contributed by atoms with Crippen LogP contribution < -0.4 is 10.5 Å². The number of aromatic nitrogens is 1. The Bertz CT molecular complexity index is 579. The summed E-state index contributed by atoms with van der Waals surface area (Å²) in [5, 5.41) is 0. The maximum Gasteiger partial charge on any atom is 0.426 e. The summed E-state index contributed by atoms with van der Waals surface area (Å²) in [6, 6.07) is 4.84. The molecule has 0 aliphatic carbocycles. The Kier molecular flexibility index (Phi) is 2.07. The molecule has 0 aliphatic rings. The van der Waals surface area contributed by atoms with Crippen LogP contribution in [0.4, 0.5) is 0 Å². The van der Waals surface area contributed by atoms with Crippen LogP contribution in [0.3, 0.4) is 0 Å². The number of oxazole rings is 1. The van der Waals surface area contributed by atoms with E-state index in [1.807, 2.05) is 0 Å². The van der Waals surface area contributed by atoms with Crippen molar-refractivity contribution in [2.24, 2.45) is 0 Å². The van der Waals surface area contributed by atoms with E-state index in [4.69, 9.17) is 9.15 Å². The van der Waals surface area contributed by atoms with Gasteiger partial charge in [0, 0.05) is 13.0 Å². The summed E-state index contributed by atoms with van der Waals surface area (Å²) in [6.07, 6.45) is 0. The predicted octanol–water partition coefficient (Wildman–Crippen LogP) is 1.26. The molecule has 0 saturated heterocycles. The SMILES string of the molecule is COc1ccc2c(c1)oc(=O)n2C(C)=O. The highest BCUT2D eigenvalue weighted by atomic mass is 16.5. The van der Waals surface area contributed by atoms with E-state index >= 15 is 0 Å². The summed E-state index contributed by atoms with van der Waals surface area (Å²) in [4.78, 5) is 22.5. The molecule has 1 aromatic heterocycles. The normalized spacial score (nSPS) is 10.5. The highest BCUT2D eigenvalue weighted by Crippen LogP contribution is 2.19. The average Bonchev–Trinajstić information content (AvgIpc) is 2.52. The van der Waals surface area contributed by atoms with Crippen molar-refractivity contribution in [1.29, 1.82) is 0 Å². The fraction of sp³-hybridized carbons (Fsp3) is 0.200. The van der Waals surface area contributed by atoms with Crippen molar-refractivity contribution in [3.8, 4) is 5.75 Å². The van der Waals surface area contributed by atoms with Gasteiger partial charge in [0.2, 0.25) is 5.91 Å². The molecule has 5 heteroatoms. The Hall–Kier alpha value is -2.04. The molecule has 0 atom stereocenters. The van der Waals surface area contributed by atoms with Gasteiger partial charge in [-0.3, -0.25) is 4.79 Å². The van der Waals surface area contributed by atoms with Gasteiger partial charge in [0.15, 0.2) is 5.58 Å². The molecule has 1 heterocycles. The van der Waals surface area contributed by atoms with E-state index in [1.54, 1.807) is 18.2 Å². The minimum atomic E-state index is -0.675. The van der Waals surface area contributed by atoms with Crippen LogP contribution in [0.5, 0.6) is 5.75 Å². The van der Waals surface area contributed by atoms with Crippen LogP contribution in [-0.4, -0.2) is 17.6 Å². The van der Waals surface area contributed by atoms with Crippen molar-refractivity contribution in [3.05, 3.63) is 28.7 Å². The zero-order valence-electron chi connectivity index (χ0n) is 8.31. The lowest BCUT2D eigenvalue weighted by atomic mass is 10.3. The molecule has 0 bridgehead atoms. The first kappa shape index (κ1) is 9.51. The van der Waals surface area contributed by atoms with Crippen molar-refractivity contribution >= 4 is 17.0 Å². The number of rotatable bonds is 1. The third kappa shape index (κ3) is 1.41. The largest absolute Gasteiger partial charge is 0.497 e. The monoisotopic (exact) mass is 207 g/mol. The maximum absolute atomic E-state index is 11.3. The lowest BCUT2D eigenvalue weighted by Crippen LogP contribution is -2.19. The number of methoxy groups -OCH3 is 1. The van der Waals surface area contributed by atoms with Crippen LogP contribution in [0.15, 0.2) is 27.4 Å². The molecule has 78 valence electrons. The molecular formula is C10H9NO4. The van der Waals surface area contributed by atoms with Gasteiger partial charge >= 0.3 is 5.76 Å². The van der Waals surface area contributed by atoms with E-state index in [-0.39, 0.29) is 5.91 Å². The van der Waals surface area contributed by atoms with Gasteiger partial charge in [-0.25, -0.2) is 9.36 Å². The smallest absolute Gasteiger partial charge is 0.426 e. The van der Waals surface area contributed by atoms with Gasteiger partial charge in [-0.05, 0) is 12.1 Å². The summed E-state index contributed by atoms with van der Waals surface area (Å²) in [6.45, 7) is 1.31. The Balaban J connectivity index is 2.80. The number of hydrogen-bond acceptors (Lipinski definition) is 4. The summed E-state index contributed by atoms with van der Waals surface area (Å²) < 4.78 is 10.9. The summed E-state index contributed by atoms with van der Waals surface area (Å²) in [5.41, 5.74) is 0.794. The van der Waals surface area contributed by atoms with Gasteiger partial charge in [-0.1, -0.05) is 0 Å². The number of benzene rings is 1. The molecule has 5 nitrogen and oxygen atoms in total. The zero-order chi connectivity index (χ0) is 11.0. The molecule has 0 fully saturated rings. The van der Waals surface area contributed by atoms with E-state index in [0.29, 0.717) is 16.8 Å². The van der Waals surface area contributed by atoms with E-state index in [2.05, 4.69) is 0 Å². The van der Waals surface area contributed by atoms with Gasteiger partial charge < -0.3 is 9.15 Å². The Morgan fingerprint density at radius 2 is 2.20 bits per heavy atom. The van der Waals surface area contributed by atoms with Crippen molar-refractivity contribution in [1.82, 2.24) is 4.57 Å². The van der Waals surface area contributed by atoms with Gasteiger partial charge in [-0.2, -0.15) is 0 Å². The molecule has 0 radical (unpaired) electrons. The van der Waals surface area contributed by atoms with Gasteiger partial charge in [0.1, 0.15) is 5.75 Å². The van der Waals surface area contributed by atoms with E-state index in [9.17, 15) is 9.59 Å². The van der Waals surface area contributed by atoms with Crippen LogP contribution >= 0.6 is 0 Å². The minimum Gasteiger partial charge on any atom is -0.497 e. The number of hydrogen-bond donors (Lipinski definition) is 0. The van der Waals surface area contributed by atoms with Crippen molar-refractivity contribution in [2.75, 3.05) is 7.11 Å². The third-order valence-electron chi connectivity index (χ3n) is 2.10. The van der Waals surface area contributed by atoms with E-state index < -0.39 is 5.76 Å². The van der Waals surface area contributed by atoms with Gasteiger partial charge in [0.05, 0.1) is 12.6 Å². The van der Waals surface area contributed by atoms with Crippen LogP contribution in [-0.2, 0) is 0 Å². The second-order valence-corrected chi connectivity index (χ2v) is 3.06. The van der Waals surface area contributed by atoms with Crippen LogP contribution in [0.1, 0.15) is 11.7 Å². The minimum absolute atomic E-state index is 0.342. The highest BCUT2D eigenvalue weighted by Gasteiger charge is 2.12.